The number of nitrogens with zero attached hydrogens (tertiary/aromatic N) is 1. The summed E-state index contributed by atoms with van der Waals surface area (Å²) in [6, 6.07) is 7.21. The van der Waals surface area contributed by atoms with Crippen LogP contribution in [0.5, 0.6) is 0 Å². The molecule has 1 aliphatic carbocycles. The molecule has 21 heavy (non-hydrogen) atoms. The Bertz CT molecular complexity index is 534. The van der Waals surface area contributed by atoms with Crippen LogP contribution in [0.1, 0.15) is 38.2 Å². The van der Waals surface area contributed by atoms with E-state index in [1.54, 1.807) is 19.2 Å². The highest BCUT2D eigenvalue weighted by Crippen LogP contribution is 2.27. The smallest absolute Gasteiger partial charge is 0.242 e. The second-order valence-electron chi connectivity index (χ2n) is 5.86. The zero-order chi connectivity index (χ0) is 15.3. The number of sulfonamides is 1. The molecule has 0 atom stereocenters. The predicted octanol–water partition coefficient (Wildman–Crippen LogP) is 2.61. The molecule has 0 radical (unpaired) electrons. The highest BCUT2D eigenvalue weighted by molar-refractivity contribution is 7.89. The molecule has 0 aromatic heterocycles. The molecule has 1 N–H and O–H groups in total. The molecule has 2 rings (SSSR count). The normalized spacial score (nSPS) is 16.7. The Labute approximate surface area is 128 Å². The maximum atomic E-state index is 12.6. The van der Waals surface area contributed by atoms with Crippen LogP contribution in [0.25, 0.3) is 0 Å². The number of hydrogen-bond acceptors (Lipinski definition) is 3. The van der Waals surface area contributed by atoms with Gasteiger partial charge in [0.15, 0.2) is 0 Å². The van der Waals surface area contributed by atoms with Crippen LogP contribution < -0.4 is 5.32 Å². The van der Waals surface area contributed by atoms with Crippen molar-refractivity contribution in [2.75, 3.05) is 20.1 Å². The molecule has 0 aliphatic heterocycles. The molecule has 1 fully saturated rings. The maximum absolute atomic E-state index is 12.6. The molecular formula is C16H26N2O2S. The third kappa shape index (κ3) is 4.28. The van der Waals surface area contributed by atoms with Gasteiger partial charge in [-0.3, -0.25) is 0 Å². The summed E-state index contributed by atoms with van der Waals surface area (Å²) in [5.74, 6) is 0.526. The Balaban J connectivity index is 2.03. The van der Waals surface area contributed by atoms with Gasteiger partial charge in [0, 0.05) is 20.1 Å². The molecule has 0 amide bonds. The summed E-state index contributed by atoms with van der Waals surface area (Å²) in [5, 5.41) is 3.23. The van der Waals surface area contributed by atoms with E-state index in [1.165, 1.54) is 17.1 Å². The van der Waals surface area contributed by atoms with E-state index in [1.807, 2.05) is 12.1 Å². The minimum atomic E-state index is -3.35. The lowest BCUT2D eigenvalue weighted by atomic mass is 10.1. The average Bonchev–Trinajstić information content (AvgIpc) is 2.98. The molecule has 0 spiro atoms. The van der Waals surface area contributed by atoms with Crippen molar-refractivity contribution < 1.29 is 8.42 Å². The Hall–Kier alpha value is -0.910. The maximum Gasteiger partial charge on any atom is 0.242 e. The van der Waals surface area contributed by atoms with E-state index in [2.05, 4.69) is 12.2 Å². The van der Waals surface area contributed by atoms with Gasteiger partial charge in [0.05, 0.1) is 4.90 Å². The lowest BCUT2D eigenvalue weighted by molar-refractivity contribution is 0.387. The Morgan fingerprint density at radius 3 is 2.38 bits per heavy atom. The fraction of sp³-hybridized carbons (Fsp3) is 0.625. The third-order valence-electron chi connectivity index (χ3n) is 4.20. The number of nitrogens with one attached hydrogen (secondary N) is 1. The van der Waals surface area contributed by atoms with Crippen molar-refractivity contribution in [3.63, 3.8) is 0 Å². The van der Waals surface area contributed by atoms with Crippen molar-refractivity contribution in [1.82, 2.24) is 9.62 Å². The van der Waals surface area contributed by atoms with Gasteiger partial charge in [0.25, 0.3) is 0 Å². The van der Waals surface area contributed by atoms with Crippen LogP contribution in [0.4, 0.5) is 0 Å². The zero-order valence-electron chi connectivity index (χ0n) is 13.0. The Kier molecular flexibility index (Phi) is 5.79. The van der Waals surface area contributed by atoms with Crippen LogP contribution in [-0.2, 0) is 16.6 Å². The van der Waals surface area contributed by atoms with E-state index >= 15 is 0 Å². The largest absolute Gasteiger partial charge is 0.313 e. The van der Waals surface area contributed by atoms with Gasteiger partial charge in [-0.15, -0.1) is 0 Å². The van der Waals surface area contributed by atoms with E-state index < -0.39 is 10.0 Å². The van der Waals surface area contributed by atoms with Crippen LogP contribution in [0.3, 0.4) is 0 Å². The SMILES string of the molecule is CCNCc1ccc(S(=O)(=O)N(C)CC2CCCC2)cc1. The molecule has 1 aliphatic rings. The predicted molar refractivity (Wildman–Crippen MR) is 85.6 cm³/mol. The molecule has 1 aromatic carbocycles. The zero-order valence-corrected chi connectivity index (χ0v) is 13.8. The summed E-state index contributed by atoms with van der Waals surface area (Å²) in [7, 11) is -1.66. The Morgan fingerprint density at radius 2 is 1.81 bits per heavy atom. The van der Waals surface area contributed by atoms with Crippen LogP contribution >= 0.6 is 0 Å². The van der Waals surface area contributed by atoms with Crippen LogP contribution in [-0.4, -0.2) is 32.9 Å². The van der Waals surface area contributed by atoms with Gasteiger partial charge in [0.1, 0.15) is 0 Å². The minimum Gasteiger partial charge on any atom is -0.313 e. The standard InChI is InChI=1S/C16H26N2O2S/c1-3-17-12-14-8-10-16(11-9-14)21(19,20)18(2)13-15-6-4-5-7-15/h8-11,15,17H,3-7,12-13H2,1-2H3. The van der Waals surface area contributed by atoms with E-state index in [0.717, 1.165) is 31.5 Å². The average molecular weight is 310 g/mol. The summed E-state index contributed by atoms with van der Waals surface area (Å²) in [5.41, 5.74) is 1.11. The van der Waals surface area contributed by atoms with Crippen LogP contribution in [0.15, 0.2) is 29.2 Å². The second kappa shape index (κ2) is 7.38. The molecule has 0 unspecified atom stereocenters. The van der Waals surface area contributed by atoms with Gasteiger partial charge in [-0.2, -0.15) is 0 Å². The first-order valence-corrected chi connectivity index (χ1v) is 9.24. The molecule has 0 saturated heterocycles. The summed E-state index contributed by atoms with van der Waals surface area (Å²) in [4.78, 5) is 0.392. The lowest BCUT2D eigenvalue weighted by Gasteiger charge is -2.21. The molecule has 118 valence electrons. The first-order chi connectivity index (χ1) is 10.0. The molecule has 0 bridgehead atoms. The van der Waals surface area contributed by atoms with Gasteiger partial charge in [-0.05, 0) is 43.0 Å². The number of rotatable bonds is 7. The quantitative estimate of drug-likeness (QED) is 0.842. The van der Waals surface area contributed by atoms with Crippen molar-refractivity contribution in [3.05, 3.63) is 29.8 Å². The molecule has 1 aromatic rings. The van der Waals surface area contributed by atoms with E-state index in [4.69, 9.17) is 0 Å². The van der Waals surface area contributed by atoms with Crippen LogP contribution in [0.2, 0.25) is 0 Å². The molecular weight excluding hydrogens is 284 g/mol. The summed E-state index contributed by atoms with van der Waals surface area (Å²) in [6.45, 7) is 4.37. The van der Waals surface area contributed by atoms with Gasteiger partial charge in [-0.1, -0.05) is 31.9 Å². The van der Waals surface area contributed by atoms with Crippen LogP contribution in [0, 0.1) is 5.92 Å². The first-order valence-electron chi connectivity index (χ1n) is 7.80. The molecule has 4 nitrogen and oxygen atoms in total. The van der Waals surface area contributed by atoms with Crippen molar-refractivity contribution in [2.24, 2.45) is 5.92 Å². The topological polar surface area (TPSA) is 49.4 Å². The van der Waals surface area contributed by atoms with Gasteiger partial charge in [-0.25, -0.2) is 12.7 Å². The monoisotopic (exact) mass is 310 g/mol. The van der Waals surface area contributed by atoms with Gasteiger partial charge >= 0.3 is 0 Å². The summed E-state index contributed by atoms with van der Waals surface area (Å²) in [6.07, 6.45) is 4.78. The van der Waals surface area contributed by atoms with E-state index in [-0.39, 0.29) is 0 Å². The highest BCUT2D eigenvalue weighted by atomic mass is 32.2. The van der Waals surface area contributed by atoms with Gasteiger partial charge in [0.2, 0.25) is 10.0 Å². The van der Waals surface area contributed by atoms with Crippen molar-refractivity contribution >= 4 is 10.0 Å². The van der Waals surface area contributed by atoms with Gasteiger partial charge < -0.3 is 5.32 Å². The molecule has 5 heteroatoms. The highest BCUT2D eigenvalue weighted by Gasteiger charge is 2.25. The number of benzene rings is 1. The molecule has 1 saturated carbocycles. The Morgan fingerprint density at radius 1 is 1.19 bits per heavy atom. The fourth-order valence-corrected chi connectivity index (χ4v) is 4.13. The van der Waals surface area contributed by atoms with Crippen molar-refractivity contribution in [1.29, 1.82) is 0 Å². The minimum absolute atomic E-state index is 0.392. The van der Waals surface area contributed by atoms with Crippen molar-refractivity contribution in [3.8, 4) is 0 Å². The third-order valence-corrected chi connectivity index (χ3v) is 6.04. The number of hydrogen-bond donors (Lipinski definition) is 1. The fourth-order valence-electron chi connectivity index (χ4n) is 2.88. The summed E-state index contributed by atoms with van der Waals surface area (Å²) >= 11 is 0. The van der Waals surface area contributed by atoms with E-state index in [9.17, 15) is 8.42 Å². The molecule has 0 heterocycles. The lowest BCUT2D eigenvalue weighted by Crippen LogP contribution is -2.31. The van der Waals surface area contributed by atoms with E-state index in [0.29, 0.717) is 17.4 Å². The second-order valence-corrected chi connectivity index (χ2v) is 7.91. The van der Waals surface area contributed by atoms with Crippen molar-refractivity contribution in [2.45, 2.75) is 44.0 Å². The first kappa shape index (κ1) is 16.5. The summed E-state index contributed by atoms with van der Waals surface area (Å²) < 4.78 is 26.6.